The molecule has 0 aromatic heterocycles. The van der Waals surface area contributed by atoms with Crippen molar-refractivity contribution >= 4 is 5.97 Å². The van der Waals surface area contributed by atoms with Gasteiger partial charge in [0.25, 0.3) is 0 Å². The fourth-order valence-corrected chi connectivity index (χ4v) is 0. The smallest absolute Gasteiger partial charge is 0.145 e. The van der Waals surface area contributed by atoms with Gasteiger partial charge in [-0.25, -0.2) is 0 Å². The number of carboxylic acids is 1. The second-order valence-electron chi connectivity index (χ2n) is 0.399. The van der Waals surface area contributed by atoms with E-state index in [1.807, 2.05) is 0 Å². The van der Waals surface area contributed by atoms with Crippen molar-refractivity contribution in [1.82, 2.24) is 0 Å². The molecule has 3 heteroatoms. The molecule has 0 aromatic rings. The standard InChI is InChI=1S/C2HNO2/c3-1-2(4)5/h(H,4,5)/p-1. The Balaban J connectivity index is 3.35. The van der Waals surface area contributed by atoms with Gasteiger partial charge in [0.1, 0.15) is 12.0 Å². The Bertz CT molecular complexity index is 80.1. The van der Waals surface area contributed by atoms with E-state index in [2.05, 4.69) is 0 Å². The number of carbonyl (C=O) groups excluding carboxylic acids is 1. The molecule has 0 amide bonds. The molecular formula is C2NO2-. The van der Waals surface area contributed by atoms with Crippen molar-refractivity contribution in [2.75, 3.05) is 0 Å². The highest BCUT2D eigenvalue weighted by molar-refractivity contribution is 5.81. The van der Waals surface area contributed by atoms with Crippen molar-refractivity contribution in [2.45, 2.75) is 0 Å². The van der Waals surface area contributed by atoms with Crippen LogP contribution < -0.4 is 5.11 Å². The Labute approximate surface area is 28.5 Å². The number of hydrogen-bond donors (Lipinski definition) is 0. The third kappa shape index (κ3) is 2.96. The number of aliphatic carboxylic acids is 1. The van der Waals surface area contributed by atoms with E-state index in [1.54, 1.807) is 0 Å². The molecule has 0 heterocycles. The molecule has 0 atom stereocenters. The first-order chi connectivity index (χ1) is 2.27. The van der Waals surface area contributed by atoms with Crippen LogP contribution in [-0.4, -0.2) is 5.97 Å². The Morgan fingerprint density at radius 3 is 2.20 bits per heavy atom. The van der Waals surface area contributed by atoms with Crippen LogP contribution in [0.2, 0.25) is 0 Å². The minimum absolute atomic E-state index is 0.833. The van der Waals surface area contributed by atoms with Gasteiger partial charge in [0.2, 0.25) is 0 Å². The molecule has 0 aliphatic rings. The SMILES string of the molecule is N#CC(=O)[O-]. The van der Waals surface area contributed by atoms with E-state index < -0.39 is 5.97 Å². The number of carbonyl (C=O) groups is 1. The molecule has 0 aliphatic heterocycles. The van der Waals surface area contributed by atoms with Gasteiger partial charge in [0.15, 0.2) is 0 Å². The molecule has 0 spiro atoms. The summed E-state index contributed by atoms with van der Waals surface area (Å²) in [4.78, 5) is 8.90. The largest absolute Gasteiger partial charge is 0.535 e. The molecule has 0 unspecified atom stereocenters. The van der Waals surface area contributed by atoms with E-state index >= 15 is 0 Å². The van der Waals surface area contributed by atoms with Gasteiger partial charge in [-0.3, -0.25) is 0 Å². The first-order valence-electron chi connectivity index (χ1n) is 0.882. The summed E-state index contributed by atoms with van der Waals surface area (Å²) in [6.07, 6.45) is 0. The molecule has 0 bridgehead atoms. The van der Waals surface area contributed by atoms with Crippen LogP contribution in [0.25, 0.3) is 0 Å². The Morgan fingerprint density at radius 2 is 2.20 bits per heavy atom. The van der Waals surface area contributed by atoms with Crippen molar-refractivity contribution in [3.05, 3.63) is 0 Å². The minimum atomic E-state index is -1.69. The van der Waals surface area contributed by atoms with Crippen LogP contribution in [0.3, 0.4) is 0 Å². The summed E-state index contributed by atoms with van der Waals surface area (Å²) in [5, 5.41) is 16.1. The average Bonchev–Trinajstić information content (AvgIpc) is 1.38. The van der Waals surface area contributed by atoms with Gasteiger partial charge in [-0.2, -0.15) is 5.26 Å². The Hall–Kier alpha value is -1.04. The van der Waals surface area contributed by atoms with Gasteiger partial charge in [-0.1, -0.05) is 0 Å². The van der Waals surface area contributed by atoms with Crippen molar-refractivity contribution in [3.63, 3.8) is 0 Å². The third-order valence-corrected chi connectivity index (χ3v) is 0.0913. The maximum atomic E-state index is 8.90. The van der Waals surface area contributed by atoms with Crippen molar-refractivity contribution in [1.29, 1.82) is 5.26 Å². The second kappa shape index (κ2) is 1.30. The predicted molar refractivity (Wildman–Crippen MR) is 10.6 cm³/mol. The highest BCUT2D eigenvalue weighted by atomic mass is 16.4. The van der Waals surface area contributed by atoms with E-state index in [9.17, 15) is 0 Å². The number of nitriles is 1. The van der Waals surface area contributed by atoms with Crippen LogP contribution in [-0.2, 0) is 4.79 Å². The van der Waals surface area contributed by atoms with Crippen LogP contribution in [0.4, 0.5) is 0 Å². The van der Waals surface area contributed by atoms with Crippen LogP contribution >= 0.6 is 0 Å². The van der Waals surface area contributed by atoms with Crippen molar-refractivity contribution in [2.24, 2.45) is 0 Å². The van der Waals surface area contributed by atoms with Crippen LogP contribution in [0.15, 0.2) is 0 Å². The lowest BCUT2D eigenvalue weighted by atomic mass is 10.8. The first kappa shape index (κ1) is 3.96. The van der Waals surface area contributed by atoms with Crippen molar-refractivity contribution < 1.29 is 9.90 Å². The van der Waals surface area contributed by atoms with Gasteiger partial charge in [-0.05, 0) is 0 Å². The van der Waals surface area contributed by atoms with Gasteiger partial charge >= 0.3 is 0 Å². The lowest BCUT2D eigenvalue weighted by molar-refractivity contribution is -0.296. The zero-order valence-electron chi connectivity index (χ0n) is 2.26. The normalized spacial score (nSPS) is 5.40. The molecule has 0 saturated carbocycles. The molecule has 0 fully saturated rings. The summed E-state index contributed by atoms with van der Waals surface area (Å²) in [5.74, 6) is -1.69. The second-order valence-corrected chi connectivity index (χ2v) is 0.399. The van der Waals surface area contributed by atoms with E-state index in [-0.39, 0.29) is 0 Å². The number of hydrogen-bond acceptors (Lipinski definition) is 3. The third-order valence-electron chi connectivity index (χ3n) is 0.0913. The summed E-state index contributed by atoms with van der Waals surface area (Å²) in [5.41, 5.74) is 0. The molecule has 26 valence electrons. The lowest BCUT2D eigenvalue weighted by Crippen LogP contribution is -2.18. The monoisotopic (exact) mass is 70.0 g/mol. The fourth-order valence-electron chi connectivity index (χ4n) is 0. The van der Waals surface area contributed by atoms with Crippen LogP contribution in [0.1, 0.15) is 0 Å². The van der Waals surface area contributed by atoms with Crippen LogP contribution in [0.5, 0.6) is 0 Å². The van der Waals surface area contributed by atoms with Gasteiger partial charge in [0.05, 0.1) is 0 Å². The average molecular weight is 70.0 g/mol. The molecule has 0 saturated heterocycles. The van der Waals surface area contributed by atoms with E-state index in [0.717, 1.165) is 6.07 Å². The summed E-state index contributed by atoms with van der Waals surface area (Å²) < 4.78 is 0. The summed E-state index contributed by atoms with van der Waals surface area (Å²) in [7, 11) is 0. The van der Waals surface area contributed by atoms with Gasteiger partial charge in [-0.15, -0.1) is 0 Å². The zero-order valence-corrected chi connectivity index (χ0v) is 2.26. The molecule has 0 aliphatic carbocycles. The molecule has 0 N–H and O–H groups in total. The molecule has 0 radical (unpaired) electrons. The molecule has 3 nitrogen and oxygen atoms in total. The quantitative estimate of drug-likeness (QED) is 0.318. The predicted octanol–water partition coefficient (Wildman–Crippen LogP) is -1.74. The fraction of sp³-hybridized carbons (Fsp3) is 0. The lowest BCUT2D eigenvalue weighted by Gasteiger charge is -1.73. The van der Waals surface area contributed by atoms with Crippen LogP contribution in [0, 0.1) is 11.3 Å². The Kier molecular flexibility index (Phi) is 1.03. The maximum Gasteiger partial charge on any atom is 0.145 e. The summed E-state index contributed by atoms with van der Waals surface area (Å²) >= 11 is 0. The van der Waals surface area contributed by atoms with E-state index in [0.29, 0.717) is 0 Å². The summed E-state index contributed by atoms with van der Waals surface area (Å²) in [6, 6.07) is 0.833. The number of nitrogens with zero attached hydrogens (tertiary/aromatic N) is 1. The number of carboxylic acid groups (broad SMARTS) is 1. The highest BCUT2D eigenvalue weighted by Crippen LogP contribution is 1.35. The van der Waals surface area contributed by atoms with E-state index in [4.69, 9.17) is 15.2 Å². The zero-order chi connectivity index (χ0) is 4.28. The number of rotatable bonds is 0. The molecule has 0 rings (SSSR count). The van der Waals surface area contributed by atoms with Gasteiger partial charge < -0.3 is 9.90 Å². The first-order valence-corrected chi connectivity index (χ1v) is 0.882. The highest BCUT2D eigenvalue weighted by Gasteiger charge is 1.61. The van der Waals surface area contributed by atoms with Crippen molar-refractivity contribution in [3.8, 4) is 6.07 Å². The summed E-state index contributed by atoms with van der Waals surface area (Å²) in [6.45, 7) is 0. The van der Waals surface area contributed by atoms with E-state index in [1.165, 1.54) is 0 Å². The Morgan fingerprint density at radius 1 is 2.00 bits per heavy atom. The van der Waals surface area contributed by atoms with Gasteiger partial charge in [0, 0.05) is 0 Å². The maximum absolute atomic E-state index is 8.90. The molecular weight excluding hydrogens is 70.0 g/mol. The minimum Gasteiger partial charge on any atom is -0.535 e. The topological polar surface area (TPSA) is 63.9 Å². The molecule has 5 heavy (non-hydrogen) atoms. The molecule has 0 aromatic carbocycles.